The van der Waals surface area contributed by atoms with Gasteiger partial charge in [-0.05, 0) is 96.5 Å². The van der Waals surface area contributed by atoms with Crippen molar-refractivity contribution < 1.29 is 0 Å². The van der Waals surface area contributed by atoms with Gasteiger partial charge in [0.05, 0.1) is 17.3 Å². The summed E-state index contributed by atoms with van der Waals surface area (Å²) in [5.74, 6) is 0. The van der Waals surface area contributed by atoms with E-state index >= 15 is 0 Å². The van der Waals surface area contributed by atoms with Gasteiger partial charge in [0.1, 0.15) is 17.7 Å². The number of aryl methyl sites for hydroxylation is 3. The summed E-state index contributed by atoms with van der Waals surface area (Å²) < 4.78 is 0. The standard InChI is InChI=1S/C16H17N.C16H13N.C4H2N2/c1-5-14-6-7-16(17-10-14)15-8-11(2)13(4)12(3)9-15;1-3-13-4-6-14(7-5-13)15-8-9-16(11-17)12(2)10-15;1-4(2-5)3-6/h5-10H,1H2,2-4H3;3-10H,1H2,2H3;1H2. The number of hydrogen-bond acceptors (Lipinski definition) is 4. The fourth-order valence-electron chi connectivity index (χ4n) is 3.69. The number of pyridine rings is 1. The van der Waals surface area contributed by atoms with E-state index in [0.29, 0.717) is 0 Å². The third-order valence-corrected chi connectivity index (χ3v) is 6.34. The Labute approximate surface area is 238 Å². The summed E-state index contributed by atoms with van der Waals surface area (Å²) in [7, 11) is 0. The van der Waals surface area contributed by atoms with Crippen molar-refractivity contribution in [1.82, 2.24) is 4.98 Å². The zero-order valence-corrected chi connectivity index (χ0v) is 23.5. The Bertz CT molecular complexity index is 1600. The number of rotatable bonds is 4. The molecule has 0 aliphatic heterocycles. The van der Waals surface area contributed by atoms with Crippen LogP contribution in [-0.4, -0.2) is 4.98 Å². The third kappa shape index (κ3) is 8.53. The third-order valence-electron chi connectivity index (χ3n) is 6.34. The van der Waals surface area contributed by atoms with Crippen molar-refractivity contribution >= 4 is 12.2 Å². The molecule has 0 saturated carbocycles. The Morgan fingerprint density at radius 3 is 1.62 bits per heavy atom. The SMILES string of the molecule is C=C(C#N)C#N.C=Cc1ccc(-c2cc(C)c(C)c(C)c2)nc1.C=Cc1ccc(-c2ccc(C#N)c(C)c2)cc1. The second kappa shape index (κ2) is 15.0. The van der Waals surface area contributed by atoms with E-state index in [1.54, 1.807) is 12.1 Å². The molecular formula is C36H32N4. The van der Waals surface area contributed by atoms with Crippen molar-refractivity contribution in [2.45, 2.75) is 27.7 Å². The maximum atomic E-state index is 8.89. The highest BCUT2D eigenvalue weighted by atomic mass is 14.7. The summed E-state index contributed by atoms with van der Waals surface area (Å²) in [5.41, 5.74) is 12.3. The first-order chi connectivity index (χ1) is 19.2. The van der Waals surface area contributed by atoms with Crippen LogP contribution in [0.25, 0.3) is 34.5 Å². The molecule has 4 rings (SSSR count). The number of nitrogens with zero attached hydrogens (tertiary/aromatic N) is 4. The Morgan fingerprint density at radius 1 is 0.675 bits per heavy atom. The summed E-state index contributed by atoms with van der Waals surface area (Å²) in [4.78, 5) is 4.46. The van der Waals surface area contributed by atoms with E-state index in [1.165, 1.54) is 22.3 Å². The molecule has 4 nitrogen and oxygen atoms in total. The monoisotopic (exact) mass is 520 g/mol. The van der Waals surface area contributed by atoms with Gasteiger partial charge in [-0.15, -0.1) is 0 Å². The molecule has 0 amide bonds. The van der Waals surface area contributed by atoms with Gasteiger partial charge in [-0.25, -0.2) is 0 Å². The maximum Gasteiger partial charge on any atom is 0.122 e. The minimum atomic E-state index is -0.0463. The molecule has 0 aliphatic rings. The average Bonchev–Trinajstić information content (AvgIpc) is 2.99. The van der Waals surface area contributed by atoms with E-state index in [0.717, 1.165) is 39.1 Å². The van der Waals surface area contributed by atoms with Crippen LogP contribution in [-0.2, 0) is 0 Å². The zero-order valence-electron chi connectivity index (χ0n) is 23.5. The minimum absolute atomic E-state index is 0.0463. The lowest BCUT2D eigenvalue weighted by Gasteiger charge is -2.08. The topological polar surface area (TPSA) is 84.3 Å². The van der Waals surface area contributed by atoms with Crippen LogP contribution in [0.4, 0.5) is 0 Å². The van der Waals surface area contributed by atoms with Crippen molar-refractivity contribution in [3.05, 3.63) is 137 Å². The van der Waals surface area contributed by atoms with Crippen LogP contribution in [0, 0.1) is 61.7 Å². The zero-order chi connectivity index (χ0) is 29.7. The van der Waals surface area contributed by atoms with Gasteiger partial charge in [-0.1, -0.05) is 74.4 Å². The minimum Gasteiger partial charge on any atom is -0.256 e. The van der Waals surface area contributed by atoms with E-state index in [-0.39, 0.29) is 5.57 Å². The van der Waals surface area contributed by atoms with Gasteiger partial charge in [0.15, 0.2) is 0 Å². The Morgan fingerprint density at radius 2 is 1.20 bits per heavy atom. The smallest absolute Gasteiger partial charge is 0.122 e. The predicted octanol–water partition coefficient (Wildman–Crippen LogP) is 9.08. The van der Waals surface area contributed by atoms with Crippen LogP contribution in [0.15, 0.2) is 98.2 Å². The second-order valence-corrected chi connectivity index (χ2v) is 9.09. The molecule has 0 bridgehead atoms. The van der Waals surface area contributed by atoms with Crippen LogP contribution in [0.2, 0.25) is 0 Å². The first-order valence-corrected chi connectivity index (χ1v) is 12.6. The molecule has 0 spiro atoms. The predicted molar refractivity (Wildman–Crippen MR) is 166 cm³/mol. The van der Waals surface area contributed by atoms with Crippen molar-refractivity contribution in [2.75, 3.05) is 0 Å². The van der Waals surface area contributed by atoms with Gasteiger partial charge in [0.25, 0.3) is 0 Å². The Hall–Kier alpha value is -5.50. The molecule has 4 heteroatoms. The van der Waals surface area contributed by atoms with Gasteiger partial charge in [-0.2, -0.15) is 15.8 Å². The normalized spacial score (nSPS) is 9.22. The van der Waals surface area contributed by atoms with Crippen LogP contribution in [0.5, 0.6) is 0 Å². The van der Waals surface area contributed by atoms with E-state index in [1.807, 2.05) is 67.7 Å². The largest absolute Gasteiger partial charge is 0.256 e. The molecule has 0 aliphatic carbocycles. The first-order valence-electron chi connectivity index (χ1n) is 12.6. The van der Waals surface area contributed by atoms with Crippen molar-refractivity contribution in [3.63, 3.8) is 0 Å². The lowest BCUT2D eigenvalue weighted by atomic mass is 9.99. The van der Waals surface area contributed by atoms with Gasteiger partial charge < -0.3 is 0 Å². The van der Waals surface area contributed by atoms with Crippen molar-refractivity contribution in [3.8, 4) is 40.6 Å². The number of allylic oxidation sites excluding steroid dienone is 1. The van der Waals surface area contributed by atoms with E-state index in [2.05, 4.69) is 75.8 Å². The van der Waals surface area contributed by atoms with Crippen molar-refractivity contribution in [1.29, 1.82) is 15.8 Å². The quantitative estimate of drug-likeness (QED) is 0.251. The van der Waals surface area contributed by atoms with Crippen LogP contribution < -0.4 is 0 Å². The highest BCUT2D eigenvalue weighted by molar-refractivity contribution is 5.67. The lowest BCUT2D eigenvalue weighted by Crippen LogP contribution is -1.90. The Kier molecular flexibility index (Phi) is 11.6. The molecule has 0 radical (unpaired) electrons. The van der Waals surface area contributed by atoms with E-state index in [9.17, 15) is 0 Å². The first kappa shape index (κ1) is 30.7. The molecule has 3 aromatic carbocycles. The fraction of sp³-hybridized carbons (Fsp3) is 0.111. The lowest BCUT2D eigenvalue weighted by molar-refractivity contribution is 1.25. The Balaban J connectivity index is 0.000000234. The molecule has 1 aromatic heterocycles. The summed E-state index contributed by atoms with van der Waals surface area (Å²) in [6.45, 7) is 18.9. The van der Waals surface area contributed by atoms with Crippen LogP contribution in [0.1, 0.15) is 38.9 Å². The second-order valence-electron chi connectivity index (χ2n) is 9.09. The average molecular weight is 521 g/mol. The van der Waals surface area contributed by atoms with E-state index < -0.39 is 0 Å². The molecule has 0 unspecified atom stereocenters. The molecular weight excluding hydrogens is 488 g/mol. The summed E-state index contributed by atoms with van der Waals surface area (Å²) in [6, 6.07) is 27.9. The molecule has 0 N–H and O–H groups in total. The molecule has 1 heterocycles. The summed E-state index contributed by atoms with van der Waals surface area (Å²) in [5, 5.41) is 24.4. The van der Waals surface area contributed by atoms with Crippen LogP contribution in [0.3, 0.4) is 0 Å². The van der Waals surface area contributed by atoms with Gasteiger partial charge in [-0.3, -0.25) is 4.98 Å². The number of aromatic nitrogens is 1. The molecule has 0 fully saturated rings. The number of nitriles is 3. The number of benzene rings is 3. The summed E-state index contributed by atoms with van der Waals surface area (Å²) >= 11 is 0. The summed E-state index contributed by atoms with van der Waals surface area (Å²) in [6.07, 6.45) is 5.49. The van der Waals surface area contributed by atoms with Gasteiger partial charge in [0.2, 0.25) is 0 Å². The molecule has 40 heavy (non-hydrogen) atoms. The van der Waals surface area contributed by atoms with Crippen molar-refractivity contribution in [2.24, 2.45) is 0 Å². The fourth-order valence-corrected chi connectivity index (χ4v) is 3.69. The van der Waals surface area contributed by atoms with Gasteiger partial charge in [0, 0.05) is 11.8 Å². The van der Waals surface area contributed by atoms with Crippen LogP contribution >= 0.6 is 0 Å². The number of hydrogen-bond donors (Lipinski definition) is 0. The molecule has 196 valence electrons. The molecule has 0 saturated heterocycles. The van der Waals surface area contributed by atoms with Gasteiger partial charge >= 0.3 is 0 Å². The maximum absolute atomic E-state index is 8.89. The molecule has 4 aromatic rings. The highest BCUT2D eigenvalue weighted by Gasteiger charge is 2.04. The molecule has 0 atom stereocenters. The van der Waals surface area contributed by atoms with E-state index in [4.69, 9.17) is 15.8 Å². The highest BCUT2D eigenvalue weighted by Crippen LogP contribution is 2.24.